The number of alkyl carbamates (subject to hydrolysis) is 1. The van der Waals surface area contributed by atoms with E-state index >= 15 is 0 Å². The van der Waals surface area contributed by atoms with Crippen molar-refractivity contribution in [3.05, 3.63) is 0 Å². The molecule has 0 fully saturated rings. The van der Waals surface area contributed by atoms with Gasteiger partial charge in [-0.25, -0.2) is 4.79 Å². The zero-order chi connectivity index (χ0) is 9.78. The highest BCUT2D eigenvalue weighted by Crippen LogP contribution is 2.05. The van der Waals surface area contributed by atoms with Gasteiger partial charge >= 0.3 is 6.09 Å². The highest BCUT2D eigenvalue weighted by Gasteiger charge is 2.15. The lowest BCUT2D eigenvalue weighted by molar-refractivity contribution is -0.117. The van der Waals surface area contributed by atoms with Crippen molar-refractivity contribution in [3.8, 4) is 0 Å². The Morgan fingerprint density at radius 1 is 1.58 bits per heavy atom. The minimum atomic E-state index is -0.518. The summed E-state index contributed by atoms with van der Waals surface area (Å²) in [4.78, 5) is 10.9. The molecule has 5 nitrogen and oxygen atoms in total. The number of ether oxygens (including phenoxy) is 1. The van der Waals surface area contributed by atoms with E-state index in [1.54, 1.807) is 20.8 Å². The number of carbonyl (C=O) groups excluding carboxylic acids is 1. The number of amidine groups is 1. The first-order chi connectivity index (χ1) is 5.31. The van der Waals surface area contributed by atoms with Gasteiger partial charge in [0.05, 0.1) is 0 Å². The fourth-order valence-corrected chi connectivity index (χ4v) is 0.488. The van der Waals surface area contributed by atoms with Crippen molar-refractivity contribution in [2.24, 2.45) is 5.73 Å². The quantitative estimate of drug-likeness (QED) is 0.356. The van der Waals surface area contributed by atoms with Crippen LogP contribution in [0, 0.1) is 0 Å². The summed E-state index contributed by atoms with van der Waals surface area (Å²) >= 11 is 0. The van der Waals surface area contributed by atoms with Gasteiger partial charge in [0.15, 0.2) is 0 Å². The molecule has 0 aliphatic carbocycles. The van der Waals surface area contributed by atoms with Crippen molar-refractivity contribution in [2.45, 2.75) is 26.4 Å². The third-order valence-corrected chi connectivity index (χ3v) is 0.836. The van der Waals surface area contributed by atoms with Crippen LogP contribution in [0.5, 0.6) is 0 Å². The number of hydrogen-bond donors (Lipinski definition) is 3. The summed E-state index contributed by atoms with van der Waals surface area (Å²) < 4.78 is 4.91. The minimum Gasteiger partial charge on any atom is -0.444 e. The molecule has 0 spiro atoms. The van der Waals surface area contributed by atoms with Gasteiger partial charge in [-0.05, 0) is 20.8 Å². The zero-order valence-electron chi connectivity index (χ0n) is 7.68. The van der Waals surface area contributed by atoms with E-state index in [4.69, 9.17) is 15.9 Å². The first-order valence-corrected chi connectivity index (χ1v) is 3.65. The lowest BCUT2D eigenvalue weighted by Gasteiger charge is -2.19. The summed E-state index contributed by atoms with van der Waals surface area (Å²) in [5, 5.41) is 7.52. The Balaban J connectivity index is 3.68. The van der Waals surface area contributed by atoms with Crippen molar-refractivity contribution in [1.82, 2.24) is 5.32 Å². The first kappa shape index (κ1) is 10.7. The summed E-state index contributed by atoms with van der Waals surface area (Å²) in [6.45, 7) is 5.47. The minimum absolute atomic E-state index is 0.134. The molecule has 0 saturated carbocycles. The topological polar surface area (TPSA) is 89.9 Å². The molecule has 0 rings (SSSR count). The predicted molar refractivity (Wildman–Crippen MR) is 45.4 cm³/mol. The van der Waals surface area contributed by atoms with Gasteiger partial charge in [-0.3, -0.25) is 11.1 Å². The molecule has 0 atom stereocenters. The van der Waals surface area contributed by atoms with Gasteiger partial charge in [0, 0.05) is 0 Å². The van der Waals surface area contributed by atoms with Gasteiger partial charge in [-0.15, -0.1) is 0 Å². The largest absolute Gasteiger partial charge is 0.444 e. The Morgan fingerprint density at radius 3 is 2.42 bits per heavy atom. The standard InChI is InChI=1S/C7H15N3O2/c1-7(2,3)12-6(11)10-4-5(8)9/h4H2,1-3H3,(H3,8,9)(H,10,11)/p+1. The van der Waals surface area contributed by atoms with Gasteiger partial charge in [0.25, 0.3) is 5.84 Å². The van der Waals surface area contributed by atoms with Crippen LogP contribution in [0.4, 0.5) is 4.79 Å². The van der Waals surface area contributed by atoms with Crippen molar-refractivity contribution in [2.75, 3.05) is 6.54 Å². The van der Waals surface area contributed by atoms with Crippen molar-refractivity contribution in [1.29, 1.82) is 0 Å². The maximum atomic E-state index is 10.9. The number of amides is 1. The molecule has 0 bridgehead atoms. The fraction of sp³-hybridized carbons (Fsp3) is 0.714. The fourth-order valence-electron chi connectivity index (χ4n) is 0.488. The predicted octanol–water partition coefficient (Wildman–Crippen LogP) is -1.37. The zero-order valence-corrected chi connectivity index (χ0v) is 7.68. The molecule has 5 heteroatoms. The Hall–Kier alpha value is -1.26. The molecule has 0 radical (unpaired) electrons. The van der Waals surface area contributed by atoms with Crippen molar-refractivity contribution < 1.29 is 14.9 Å². The van der Waals surface area contributed by atoms with Crippen LogP contribution in [0.1, 0.15) is 20.8 Å². The van der Waals surface area contributed by atoms with E-state index in [-0.39, 0.29) is 12.4 Å². The van der Waals surface area contributed by atoms with E-state index in [2.05, 4.69) is 5.32 Å². The van der Waals surface area contributed by atoms with Crippen molar-refractivity contribution >= 4 is 11.9 Å². The van der Waals surface area contributed by atoms with Gasteiger partial charge < -0.3 is 10.1 Å². The smallest absolute Gasteiger partial charge is 0.408 e. The van der Waals surface area contributed by atoms with Crippen LogP contribution < -0.4 is 16.5 Å². The van der Waals surface area contributed by atoms with Crippen molar-refractivity contribution in [3.63, 3.8) is 0 Å². The molecule has 0 aromatic carbocycles. The Kier molecular flexibility index (Phi) is 3.53. The molecule has 12 heavy (non-hydrogen) atoms. The molecule has 70 valence electrons. The molecule has 0 unspecified atom stereocenters. The third kappa shape index (κ3) is 6.85. The van der Waals surface area contributed by atoms with Gasteiger partial charge in [-0.1, -0.05) is 0 Å². The van der Waals surface area contributed by atoms with Crippen LogP contribution in [0.15, 0.2) is 0 Å². The van der Waals surface area contributed by atoms with Gasteiger partial charge in [-0.2, -0.15) is 0 Å². The molecule has 1 amide bonds. The average Bonchev–Trinajstić information content (AvgIpc) is 1.79. The molecule has 5 N–H and O–H groups in total. The molecule has 0 heterocycles. The van der Waals surface area contributed by atoms with E-state index in [0.717, 1.165) is 0 Å². The second-order valence-corrected chi connectivity index (χ2v) is 3.43. The number of hydrogen-bond acceptors (Lipinski definition) is 2. The SMILES string of the molecule is CC(C)(C)OC(=O)NCC(N)=[NH2+]. The molecular formula is C7H16N3O2+. The van der Waals surface area contributed by atoms with Crippen LogP contribution in [0.3, 0.4) is 0 Å². The molecule has 0 aliphatic rings. The number of nitrogens with one attached hydrogen (secondary N) is 1. The van der Waals surface area contributed by atoms with E-state index in [9.17, 15) is 4.79 Å². The normalized spacial score (nSPS) is 10.6. The van der Waals surface area contributed by atoms with Crippen LogP contribution in [0.25, 0.3) is 0 Å². The second kappa shape index (κ2) is 3.94. The second-order valence-electron chi connectivity index (χ2n) is 3.43. The average molecular weight is 174 g/mol. The molecule has 0 aromatic heterocycles. The monoisotopic (exact) mass is 174 g/mol. The van der Waals surface area contributed by atoms with Crippen LogP contribution >= 0.6 is 0 Å². The number of rotatable bonds is 2. The Labute approximate surface area is 71.8 Å². The van der Waals surface area contributed by atoms with Crippen LogP contribution in [-0.4, -0.2) is 24.1 Å². The summed E-state index contributed by atoms with van der Waals surface area (Å²) in [5.74, 6) is 0.154. The molecule has 0 aliphatic heterocycles. The maximum Gasteiger partial charge on any atom is 0.408 e. The summed E-state index contributed by atoms with van der Waals surface area (Å²) in [6, 6.07) is 0. The summed E-state index contributed by atoms with van der Waals surface area (Å²) in [7, 11) is 0. The van der Waals surface area contributed by atoms with Gasteiger partial charge in [0.2, 0.25) is 0 Å². The summed E-state index contributed by atoms with van der Waals surface area (Å²) in [6.07, 6.45) is -0.518. The lowest BCUT2D eigenvalue weighted by atomic mass is 10.2. The molecule has 0 aromatic rings. The number of nitrogens with two attached hydrogens (primary N) is 2. The first-order valence-electron chi connectivity index (χ1n) is 3.65. The maximum absolute atomic E-state index is 10.9. The summed E-state index contributed by atoms with van der Waals surface area (Å²) in [5.41, 5.74) is 4.64. The highest BCUT2D eigenvalue weighted by molar-refractivity contribution is 5.80. The van der Waals surface area contributed by atoms with E-state index in [1.165, 1.54) is 0 Å². The highest BCUT2D eigenvalue weighted by atomic mass is 16.6. The number of carbonyl (C=O) groups is 1. The Bertz CT molecular complexity index is 184. The van der Waals surface area contributed by atoms with Gasteiger partial charge in [0.1, 0.15) is 12.1 Å². The molecular weight excluding hydrogens is 158 g/mol. The van der Waals surface area contributed by atoms with E-state index < -0.39 is 11.7 Å². The van der Waals surface area contributed by atoms with Crippen LogP contribution in [0.2, 0.25) is 0 Å². The van der Waals surface area contributed by atoms with E-state index in [1.807, 2.05) is 0 Å². The lowest BCUT2D eigenvalue weighted by Crippen LogP contribution is -2.52. The molecule has 0 saturated heterocycles. The third-order valence-electron chi connectivity index (χ3n) is 0.836. The van der Waals surface area contributed by atoms with E-state index in [0.29, 0.717) is 0 Å². The Morgan fingerprint density at radius 2 is 2.08 bits per heavy atom. The van der Waals surface area contributed by atoms with Crippen LogP contribution in [-0.2, 0) is 4.74 Å².